The molecule has 0 aliphatic heterocycles. The number of hydrogen-bond donors (Lipinski definition) is 1. The molecule has 1 aromatic carbocycles. The molecular weight excluding hydrogens is 240 g/mol. The van der Waals surface area contributed by atoms with Gasteiger partial charge in [-0.05, 0) is 29.5 Å². The fraction of sp³-hybridized carbons (Fsp3) is 0.250. The standard InChI is InChI=1S/C12H14O4S/c1-2-15-12(13)9-6-10-17(16-14)11-7-4-3-5-8-11/h3-9H,2,10H2,1H3/p+1/b9-6+. The maximum absolute atomic E-state index is 11.0. The molecule has 0 aromatic heterocycles. The first kappa shape index (κ1) is 13.8. The van der Waals surface area contributed by atoms with Gasteiger partial charge in [-0.25, -0.2) is 10.1 Å². The zero-order chi connectivity index (χ0) is 12.5. The van der Waals surface area contributed by atoms with Crippen LogP contribution in [0.15, 0.2) is 47.4 Å². The van der Waals surface area contributed by atoms with Gasteiger partial charge < -0.3 is 4.74 Å². The molecule has 17 heavy (non-hydrogen) atoms. The number of benzene rings is 1. The Balaban J connectivity index is 2.51. The lowest BCUT2D eigenvalue weighted by Gasteiger charge is -1.98. The fourth-order valence-electron chi connectivity index (χ4n) is 1.16. The molecule has 5 heteroatoms. The van der Waals surface area contributed by atoms with E-state index < -0.39 is 11.2 Å². The summed E-state index contributed by atoms with van der Waals surface area (Å²) in [6, 6.07) is 9.33. The summed E-state index contributed by atoms with van der Waals surface area (Å²) in [6.45, 7) is 2.10. The summed E-state index contributed by atoms with van der Waals surface area (Å²) in [6.07, 6.45) is 2.97. The lowest BCUT2D eigenvalue weighted by Crippen LogP contribution is -2.09. The van der Waals surface area contributed by atoms with E-state index in [0.717, 1.165) is 4.90 Å². The van der Waals surface area contributed by atoms with Crippen molar-refractivity contribution in [1.29, 1.82) is 0 Å². The molecule has 0 fully saturated rings. The maximum atomic E-state index is 11.0. The van der Waals surface area contributed by atoms with Gasteiger partial charge in [0.1, 0.15) is 0 Å². The Morgan fingerprint density at radius 1 is 1.41 bits per heavy atom. The Hall–Kier alpha value is -1.30. The minimum atomic E-state index is -0.754. The van der Waals surface area contributed by atoms with Crippen molar-refractivity contribution in [2.45, 2.75) is 11.8 Å². The van der Waals surface area contributed by atoms with Gasteiger partial charge in [-0.2, -0.15) is 0 Å². The molecule has 0 saturated carbocycles. The van der Waals surface area contributed by atoms with Gasteiger partial charge >= 0.3 is 5.97 Å². The van der Waals surface area contributed by atoms with E-state index >= 15 is 0 Å². The van der Waals surface area contributed by atoms with Crippen molar-refractivity contribution in [2.75, 3.05) is 12.4 Å². The molecule has 1 rings (SSSR count). The molecule has 0 bridgehead atoms. The van der Waals surface area contributed by atoms with Crippen molar-refractivity contribution in [3.63, 3.8) is 0 Å². The molecule has 0 amide bonds. The number of esters is 1. The number of carbonyl (C=O) groups is 1. The highest BCUT2D eigenvalue weighted by atomic mass is 32.2. The van der Waals surface area contributed by atoms with E-state index in [0.29, 0.717) is 12.4 Å². The predicted octanol–water partition coefficient (Wildman–Crippen LogP) is 2.19. The monoisotopic (exact) mass is 255 g/mol. The Kier molecular flexibility index (Phi) is 6.39. The van der Waals surface area contributed by atoms with Gasteiger partial charge in [0.2, 0.25) is 11.2 Å². The van der Waals surface area contributed by atoms with E-state index in [4.69, 9.17) is 9.99 Å². The van der Waals surface area contributed by atoms with Crippen LogP contribution in [0.5, 0.6) is 0 Å². The number of rotatable bonds is 6. The van der Waals surface area contributed by atoms with E-state index in [9.17, 15) is 4.79 Å². The molecule has 0 radical (unpaired) electrons. The smallest absolute Gasteiger partial charge is 0.330 e. The molecule has 0 spiro atoms. The molecule has 0 aliphatic rings. The quantitative estimate of drug-likeness (QED) is 0.278. The Morgan fingerprint density at radius 3 is 2.71 bits per heavy atom. The van der Waals surface area contributed by atoms with Crippen LogP contribution in [0.2, 0.25) is 0 Å². The van der Waals surface area contributed by atoms with Crippen LogP contribution in [0.3, 0.4) is 0 Å². The Morgan fingerprint density at radius 2 is 2.12 bits per heavy atom. The van der Waals surface area contributed by atoms with Crippen LogP contribution in [0.1, 0.15) is 6.92 Å². The summed E-state index contributed by atoms with van der Waals surface area (Å²) >= 11 is -0.754. The minimum absolute atomic E-state index is 0.351. The third-order valence-electron chi connectivity index (χ3n) is 1.88. The SMILES string of the molecule is CCOC(=O)/C=C/C[S+](OO)c1ccccc1. The Labute approximate surface area is 103 Å². The third-order valence-corrected chi connectivity index (χ3v) is 3.36. The van der Waals surface area contributed by atoms with Gasteiger partial charge in [0, 0.05) is 6.08 Å². The average molecular weight is 255 g/mol. The second-order valence-electron chi connectivity index (χ2n) is 3.05. The van der Waals surface area contributed by atoms with Crippen molar-refractivity contribution >= 4 is 17.1 Å². The van der Waals surface area contributed by atoms with Gasteiger partial charge in [-0.15, -0.1) is 0 Å². The van der Waals surface area contributed by atoms with Crippen LogP contribution in [-0.2, 0) is 25.0 Å². The maximum Gasteiger partial charge on any atom is 0.330 e. The minimum Gasteiger partial charge on any atom is -0.463 e. The van der Waals surface area contributed by atoms with Gasteiger partial charge in [0.15, 0.2) is 10.6 Å². The summed E-state index contributed by atoms with van der Waals surface area (Å²) in [5.41, 5.74) is 0. The van der Waals surface area contributed by atoms with E-state index in [1.165, 1.54) is 6.08 Å². The first-order valence-electron chi connectivity index (χ1n) is 5.19. The van der Waals surface area contributed by atoms with Gasteiger partial charge in [0.25, 0.3) is 0 Å². The number of hydrogen-bond acceptors (Lipinski definition) is 4. The highest BCUT2D eigenvalue weighted by Gasteiger charge is 2.22. The summed E-state index contributed by atoms with van der Waals surface area (Å²) < 4.78 is 9.14. The van der Waals surface area contributed by atoms with E-state index in [1.54, 1.807) is 13.0 Å². The van der Waals surface area contributed by atoms with Crippen molar-refractivity contribution in [2.24, 2.45) is 0 Å². The normalized spacial score (nSPS) is 12.6. The second kappa shape index (κ2) is 7.89. The number of carbonyl (C=O) groups excluding carboxylic acids is 1. The van der Waals surface area contributed by atoms with Crippen LogP contribution in [-0.4, -0.2) is 23.6 Å². The first-order valence-corrected chi connectivity index (χ1v) is 6.51. The molecule has 1 unspecified atom stereocenters. The van der Waals surface area contributed by atoms with Crippen LogP contribution in [0.25, 0.3) is 0 Å². The number of ether oxygens (including phenoxy) is 1. The van der Waals surface area contributed by atoms with Gasteiger partial charge in [-0.1, -0.05) is 18.2 Å². The topological polar surface area (TPSA) is 55.8 Å². The molecule has 1 N–H and O–H groups in total. The first-order chi connectivity index (χ1) is 8.27. The lowest BCUT2D eigenvalue weighted by atomic mass is 10.4. The molecule has 0 saturated heterocycles. The Bertz CT molecular complexity index is 364. The van der Waals surface area contributed by atoms with Crippen LogP contribution in [0.4, 0.5) is 0 Å². The molecular formula is C12H15O4S+. The van der Waals surface area contributed by atoms with E-state index in [1.807, 2.05) is 30.3 Å². The van der Waals surface area contributed by atoms with E-state index in [2.05, 4.69) is 4.33 Å². The highest BCUT2D eigenvalue weighted by Crippen LogP contribution is 2.13. The molecule has 1 aromatic rings. The largest absolute Gasteiger partial charge is 0.463 e. The highest BCUT2D eigenvalue weighted by molar-refractivity contribution is 7.92. The second-order valence-corrected chi connectivity index (χ2v) is 4.70. The fourth-order valence-corrected chi connectivity index (χ4v) is 2.24. The van der Waals surface area contributed by atoms with Crippen molar-refractivity contribution in [3.05, 3.63) is 42.5 Å². The van der Waals surface area contributed by atoms with E-state index in [-0.39, 0.29) is 5.97 Å². The lowest BCUT2D eigenvalue weighted by molar-refractivity contribution is -0.137. The summed E-state index contributed by atoms with van der Waals surface area (Å²) in [4.78, 5) is 11.9. The van der Waals surface area contributed by atoms with Crippen molar-refractivity contribution < 1.29 is 19.1 Å². The molecule has 0 heterocycles. The zero-order valence-corrected chi connectivity index (χ0v) is 10.4. The molecule has 4 nitrogen and oxygen atoms in total. The zero-order valence-electron chi connectivity index (χ0n) is 9.54. The summed E-state index contributed by atoms with van der Waals surface area (Å²) in [7, 11) is 0. The van der Waals surface area contributed by atoms with Crippen molar-refractivity contribution in [1.82, 2.24) is 0 Å². The predicted molar refractivity (Wildman–Crippen MR) is 66.4 cm³/mol. The molecule has 0 aliphatic carbocycles. The van der Waals surface area contributed by atoms with Crippen molar-refractivity contribution in [3.8, 4) is 0 Å². The average Bonchev–Trinajstić information content (AvgIpc) is 2.36. The van der Waals surface area contributed by atoms with Crippen LogP contribution < -0.4 is 0 Å². The van der Waals surface area contributed by atoms with Crippen LogP contribution >= 0.6 is 0 Å². The van der Waals surface area contributed by atoms with Gasteiger partial charge in [-0.3, -0.25) is 0 Å². The summed E-state index contributed by atoms with van der Waals surface area (Å²) in [5.74, 6) is 0.0429. The summed E-state index contributed by atoms with van der Waals surface area (Å²) in [5, 5.41) is 8.81. The molecule has 1 atom stereocenters. The van der Waals surface area contributed by atoms with Gasteiger partial charge in [0.05, 0.1) is 6.61 Å². The molecule has 92 valence electrons. The van der Waals surface area contributed by atoms with Crippen LogP contribution in [0, 0.1) is 0 Å². The third kappa shape index (κ3) is 5.04.